The number of nitriles is 1. The highest BCUT2D eigenvalue weighted by atomic mass is 32.2. The van der Waals surface area contributed by atoms with E-state index < -0.39 is 0 Å². The van der Waals surface area contributed by atoms with Gasteiger partial charge in [0, 0.05) is 16.2 Å². The number of nitrogens with two attached hydrogens (primary N) is 2. The van der Waals surface area contributed by atoms with Crippen LogP contribution in [0.5, 0.6) is 0 Å². The fourth-order valence-electron chi connectivity index (χ4n) is 1.79. The summed E-state index contributed by atoms with van der Waals surface area (Å²) in [5.74, 6) is 1.88. The van der Waals surface area contributed by atoms with Gasteiger partial charge in [-0.05, 0) is 18.1 Å². The average molecular weight is 299 g/mol. The van der Waals surface area contributed by atoms with Crippen molar-refractivity contribution in [1.82, 2.24) is 9.97 Å². The first-order valence-corrected chi connectivity index (χ1v) is 7.56. The van der Waals surface area contributed by atoms with Crippen LogP contribution in [0.3, 0.4) is 0 Å². The van der Waals surface area contributed by atoms with Crippen molar-refractivity contribution in [1.29, 1.82) is 5.26 Å². The van der Waals surface area contributed by atoms with E-state index in [-0.39, 0.29) is 17.3 Å². The van der Waals surface area contributed by atoms with Gasteiger partial charge in [0.1, 0.15) is 17.5 Å². The SMILES string of the molecule is CC(C)CSc1ccc(-c2nc(N)nc(N)c2C#N)cc1. The van der Waals surface area contributed by atoms with Gasteiger partial charge in [0.05, 0.1) is 5.69 Å². The van der Waals surface area contributed by atoms with Gasteiger partial charge in [0.25, 0.3) is 0 Å². The van der Waals surface area contributed by atoms with Gasteiger partial charge in [-0.3, -0.25) is 0 Å². The molecule has 4 N–H and O–H groups in total. The van der Waals surface area contributed by atoms with Gasteiger partial charge >= 0.3 is 0 Å². The number of aromatic nitrogens is 2. The summed E-state index contributed by atoms with van der Waals surface area (Å²) in [4.78, 5) is 9.13. The first-order valence-electron chi connectivity index (χ1n) is 6.57. The lowest BCUT2D eigenvalue weighted by molar-refractivity contribution is 0.750. The normalized spacial score (nSPS) is 10.6. The van der Waals surface area contributed by atoms with Crippen LogP contribution in [0.4, 0.5) is 11.8 Å². The lowest BCUT2D eigenvalue weighted by atomic mass is 10.1. The molecule has 6 heteroatoms. The minimum Gasteiger partial charge on any atom is -0.382 e. The molecule has 0 amide bonds. The number of rotatable bonds is 4. The Kier molecular flexibility index (Phi) is 4.66. The fourth-order valence-corrected chi connectivity index (χ4v) is 2.64. The molecule has 2 aromatic rings. The first-order chi connectivity index (χ1) is 10.0. The summed E-state index contributed by atoms with van der Waals surface area (Å²) < 4.78 is 0. The lowest BCUT2D eigenvalue weighted by Gasteiger charge is -2.08. The number of hydrogen-bond acceptors (Lipinski definition) is 6. The van der Waals surface area contributed by atoms with Gasteiger partial charge in [-0.25, -0.2) is 4.98 Å². The summed E-state index contributed by atoms with van der Waals surface area (Å²) in [7, 11) is 0. The average Bonchev–Trinajstić information content (AvgIpc) is 2.45. The third-order valence-corrected chi connectivity index (χ3v) is 4.22. The van der Waals surface area contributed by atoms with Crippen molar-refractivity contribution in [3.63, 3.8) is 0 Å². The topological polar surface area (TPSA) is 102 Å². The quantitative estimate of drug-likeness (QED) is 0.842. The second kappa shape index (κ2) is 6.46. The molecular formula is C15H17N5S. The molecule has 0 unspecified atom stereocenters. The number of anilines is 2. The van der Waals surface area contributed by atoms with Crippen LogP contribution in [-0.2, 0) is 0 Å². The van der Waals surface area contributed by atoms with E-state index in [2.05, 4.69) is 23.8 Å². The van der Waals surface area contributed by atoms with Crippen LogP contribution in [0, 0.1) is 17.2 Å². The molecule has 108 valence electrons. The molecule has 5 nitrogen and oxygen atoms in total. The van der Waals surface area contributed by atoms with Crippen molar-refractivity contribution in [3.05, 3.63) is 29.8 Å². The maximum atomic E-state index is 9.20. The maximum Gasteiger partial charge on any atom is 0.222 e. The molecule has 0 spiro atoms. The monoisotopic (exact) mass is 299 g/mol. The fraction of sp³-hybridized carbons (Fsp3) is 0.267. The zero-order valence-corrected chi connectivity index (χ0v) is 12.8. The predicted octanol–water partition coefficient (Wildman–Crippen LogP) is 2.93. The molecule has 0 aliphatic heterocycles. The molecule has 0 saturated carbocycles. The molecule has 2 rings (SSSR count). The van der Waals surface area contributed by atoms with E-state index in [4.69, 9.17) is 11.5 Å². The lowest BCUT2D eigenvalue weighted by Crippen LogP contribution is -2.04. The van der Waals surface area contributed by atoms with Crippen molar-refractivity contribution in [3.8, 4) is 17.3 Å². The standard InChI is InChI=1S/C15H17N5S/c1-9(2)8-21-11-5-3-10(4-6-11)13-12(7-16)14(17)20-15(18)19-13/h3-6,9H,8H2,1-2H3,(H4,17,18,19,20). The van der Waals surface area contributed by atoms with Gasteiger partial charge in [-0.2, -0.15) is 10.2 Å². The van der Waals surface area contributed by atoms with Crippen LogP contribution in [0.25, 0.3) is 11.3 Å². The third kappa shape index (κ3) is 3.64. The number of hydrogen-bond donors (Lipinski definition) is 2. The summed E-state index contributed by atoms with van der Waals surface area (Å²) in [6.07, 6.45) is 0. The van der Waals surface area contributed by atoms with Gasteiger partial charge in [-0.1, -0.05) is 26.0 Å². The third-order valence-electron chi connectivity index (χ3n) is 2.78. The van der Waals surface area contributed by atoms with Crippen LogP contribution in [0.1, 0.15) is 19.4 Å². The van der Waals surface area contributed by atoms with E-state index in [1.165, 1.54) is 4.90 Å². The zero-order valence-electron chi connectivity index (χ0n) is 12.0. The van der Waals surface area contributed by atoms with Crippen LogP contribution in [0.15, 0.2) is 29.2 Å². The molecule has 0 aliphatic carbocycles. The molecule has 1 aromatic carbocycles. The Morgan fingerprint density at radius 1 is 1.19 bits per heavy atom. The van der Waals surface area contributed by atoms with Crippen LogP contribution in [-0.4, -0.2) is 15.7 Å². The van der Waals surface area contributed by atoms with E-state index in [1.807, 2.05) is 30.3 Å². The number of benzene rings is 1. The summed E-state index contributed by atoms with van der Waals surface area (Å²) in [5.41, 5.74) is 12.9. The Bertz CT molecular complexity index is 674. The molecule has 0 atom stereocenters. The van der Waals surface area contributed by atoms with E-state index in [0.717, 1.165) is 11.3 Å². The summed E-state index contributed by atoms with van der Waals surface area (Å²) in [6, 6.07) is 9.90. The Hall–Kier alpha value is -2.26. The van der Waals surface area contributed by atoms with Crippen molar-refractivity contribution in [2.45, 2.75) is 18.7 Å². The van der Waals surface area contributed by atoms with E-state index in [0.29, 0.717) is 11.6 Å². The number of thioether (sulfide) groups is 1. The highest BCUT2D eigenvalue weighted by molar-refractivity contribution is 7.99. The Morgan fingerprint density at radius 3 is 2.43 bits per heavy atom. The Balaban J connectivity index is 2.33. The zero-order chi connectivity index (χ0) is 15.4. The number of nitrogens with zero attached hydrogens (tertiary/aromatic N) is 3. The highest BCUT2D eigenvalue weighted by Crippen LogP contribution is 2.28. The summed E-state index contributed by atoms with van der Waals surface area (Å²) >= 11 is 1.80. The van der Waals surface area contributed by atoms with Gasteiger partial charge < -0.3 is 11.5 Å². The maximum absolute atomic E-state index is 9.20. The summed E-state index contributed by atoms with van der Waals surface area (Å²) in [6.45, 7) is 4.38. The largest absolute Gasteiger partial charge is 0.382 e. The molecule has 0 aliphatic rings. The second-order valence-corrected chi connectivity index (χ2v) is 6.13. The first kappa shape index (κ1) is 15.1. The summed E-state index contributed by atoms with van der Waals surface area (Å²) in [5, 5.41) is 9.20. The molecule has 0 bridgehead atoms. The van der Waals surface area contributed by atoms with Crippen molar-refractivity contribution >= 4 is 23.5 Å². The van der Waals surface area contributed by atoms with Crippen molar-refractivity contribution < 1.29 is 0 Å². The van der Waals surface area contributed by atoms with Gasteiger partial charge in [0.2, 0.25) is 5.95 Å². The smallest absolute Gasteiger partial charge is 0.222 e. The molecule has 1 heterocycles. The Morgan fingerprint density at radius 2 is 1.86 bits per heavy atom. The van der Waals surface area contributed by atoms with E-state index >= 15 is 0 Å². The second-order valence-electron chi connectivity index (χ2n) is 5.03. The molecular weight excluding hydrogens is 282 g/mol. The molecule has 0 radical (unpaired) electrons. The van der Waals surface area contributed by atoms with Gasteiger partial charge in [0.15, 0.2) is 0 Å². The van der Waals surface area contributed by atoms with Crippen molar-refractivity contribution in [2.75, 3.05) is 17.2 Å². The number of nitrogen functional groups attached to an aromatic ring is 2. The minimum absolute atomic E-state index is 0.0692. The van der Waals surface area contributed by atoms with E-state index in [9.17, 15) is 5.26 Å². The molecule has 0 saturated heterocycles. The van der Waals surface area contributed by atoms with E-state index in [1.54, 1.807) is 11.8 Å². The predicted molar refractivity (Wildman–Crippen MR) is 86.6 cm³/mol. The van der Waals surface area contributed by atoms with Crippen molar-refractivity contribution in [2.24, 2.45) is 5.92 Å². The van der Waals surface area contributed by atoms with Crippen LogP contribution < -0.4 is 11.5 Å². The molecule has 1 aromatic heterocycles. The molecule has 0 fully saturated rings. The van der Waals surface area contributed by atoms with Crippen LogP contribution >= 0.6 is 11.8 Å². The molecule has 21 heavy (non-hydrogen) atoms. The Labute approximate surface area is 128 Å². The van der Waals surface area contributed by atoms with Crippen LogP contribution in [0.2, 0.25) is 0 Å². The van der Waals surface area contributed by atoms with Gasteiger partial charge in [-0.15, -0.1) is 11.8 Å². The highest BCUT2D eigenvalue weighted by Gasteiger charge is 2.13. The minimum atomic E-state index is 0.0692.